The minimum Gasteiger partial charge on any atom is -0.372 e. The van der Waals surface area contributed by atoms with Crippen molar-refractivity contribution in [2.75, 3.05) is 13.1 Å². The number of nitrogens with zero attached hydrogens (tertiary/aromatic N) is 1. The molecule has 1 aliphatic heterocycles. The van der Waals surface area contributed by atoms with Gasteiger partial charge in [-0.25, -0.2) is 0 Å². The zero-order valence-corrected chi connectivity index (χ0v) is 12.3. The van der Waals surface area contributed by atoms with Crippen LogP contribution in [0.4, 0.5) is 0 Å². The monoisotopic (exact) mass is 279 g/mol. The fraction of sp³-hybridized carbons (Fsp3) is 0.778. The molecule has 1 fully saturated rings. The average Bonchev–Trinajstić information content (AvgIpc) is 2.30. The van der Waals surface area contributed by atoms with Gasteiger partial charge in [-0.1, -0.05) is 13.3 Å². The quantitative estimate of drug-likeness (QED) is 0.427. The number of rotatable bonds is 1. The van der Waals surface area contributed by atoms with E-state index >= 15 is 0 Å². The molecule has 1 rings (SSSR count). The van der Waals surface area contributed by atoms with Crippen molar-refractivity contribution in [1.29, 1.82) is 0 Å². The Kier molecular flexibility index (Phi) is 12.3. The Balaban J connectivity index is 0. The van der Waals surface area contributed by atoms with Gasteiger partial charge >= 0.3 is 29.6 Å². The molecule has 0 atom stereocenters. The summed E-state index contributed by atoms with van der Waals surface area (Å²) >= 11 is 0. The number of likely N-dealkylation sites (tertiary alicyclic amines) is 1. The third-order valence-corrected chi connectivity index (χ3v) is 2.09. The number of hydrogen-bond acceptors (Lipinski definition) is 1. The second-order valence-electron chi connectivity index (χ2n) is 2.98. The number of amides is 1. The molecule has 4 heteroatoms. The molecule has 1 heterocycles. The molecule has 0 unspecified atom stereocenters. The average molecular weight is 278 g/mol. The zero-order valence-electron chi connectivity index (χ0n) is 8.53. The predicted octanol–water partition coefficient (Wildman–Crippen LogP) is -1.39. The normalized spacial score (nSPS) is 16.5. The van der Waals surface area contributed by atoms with Gasteiger partial charge in [0.25, 0.3) is 0 Å². The summed E-state index contributed by atoms with van der Waals surface area (Å²) < 4.78 is 0. The van der Waals surface area contributed by atoms with Gasteiger partial charge in [0.2, 0.25) is 5.91 Å². The van der Waals surface area contributed by atoms with E-state index in [1.54, 1.807) is 0 Å². The molecule has 0 bridgehead atoms. The molecule has 72 valence electrons. The van der Waals surface area contributed by atoms with Crippen LogP contribution in [0.15, 0.2) is 0 Å². The minimum atomic E-state index is 0. The third-order valence-electron chi connectivity index (χ3n) is 2.09. The molecule has 0 spiro atoms. The standard InChI is InChI=1S/C9H16NO.Na.Ru/c1-2-9(11)10-7-5-3-4-6-8-10;;/h5H,2-4,6-8H2,1H3;;/q-1;+1;. The SMILES string of the molecule is CCC(=O)N1C[CH-]CCCC1.[Na+].[Ru]. The molecule has 1 saturated heterocycles. The Hall–Kier alpha value is 1.09. The second kappa shape index (κ2) is 9.64. The first-order chi connectivity index (χ1) is 5.34. The van der Waals surface area contributed by atoms with Crippen LogP contribution >= 0.6 is 0 Å². The topological polar surface area (TPSA) is 20.3 Å². The van der Waals surface area contributed by atoms with Crippen molar-refractivity contribution < 1.29 is 53.8 Å². The van der Waals surface area contributed by atoms with E-state index in [1.165, 1.54) is 19.3 Å². The second-order valence-corrected chi connectivity index (χ2v) is 2.98. The van der Waals surface area contributed by atoms with Crippen molar-refractivity contribution in [1.82, 2.24) is 4.90 Å². The summed E-state index contributed by atoms with van der Waals surface area (Å²) in [5.74, 6) is 0.295. The molecule has 13 heavy (non-hydrogen) atoms. The zero-order chi connectivity index (χ0) is 8.10. The van der Waals surface area contributed by atoms with Gasteiger partial charge in [-0.05, 0) is 6.42 Å². The molecule has 1 aliphatic rings. The first-order valence-electron chi connectivity index (χ1n) is 4.44. The first-order valence-corrected chi connectivity index (χ1v) is 4.44. The number of hydrogen-bond donors (Lipinski definition) is 0. The molecule has 0 radical (unpaired) electrons. The molecule has 0 N–H and O–H groups in total. The Labute approximate surface area is 116 Å². The first kappa shape index (κ1) is 16.5. The van der Waals surface area contributed by atoms with Crippen molar-refractivity contribution in [3.63, 3.8) is 0 Å². The van der Waals surface area contributed by atoms with Gasteiger partial charge in [-0.15, -0.1) is 6.54 Å². The van der Waals surface area contributed by atoms with Crippen LogP contribution < -0.4 is 29.6 Å². The predicted molar refractivity (Wildman–Crippen MR) is 45.0 cm³/mol. The smallest absolute Gasteiger partial charge is 0.372 e. The Morgan fingerprint density at radius 2 is 2.15 bits per heavy atom. The van der Waals surface area contributed by atoms with Gasteiger partial charge in [0.1, 0.15) is 0 Å². The van der Waals surface area contributed by atoms with Crippen LogP contribution in [-0.4, -0.2) is 23.9 Å². The molecule has 0 aliphatic carbocycles. The molecule has 0 saturated carbocycles. The maximum Gasteiger partial charge on any atom is 1.00 e. The van der Waals surface area contributed by atoms with Gasteiger partial charge in [0.15, 0.2) is 0 Å². The maximum absolute atomic E-state index is 11.2. The van der Waals surface area contributed by atoms with E-state index in [2.05, 4.69) is 6.42 Å². The summed E-state index contributed by atoms with van der Waals surface area (Å²) in [6, 6.07) is 0. The molecule has 0 aromatic rings. The van der Waals surface area contributed by atoms with Crippen molar-refractivity contribution in [2.45, 2.75) is 32.6 Å². The molecule has 2 nitrogen and oxygen atoms in total. The Morgan fingerprint density at radius 1 is 1.46 bits per heavy atom. The van der Waals surface area contributed by atoms with E-state index in [-0.39, 0.29) is 49.0 Å². The van der Waals surface area contributed by atoms with Gasteiger partial charge in [0.05, 0.1) is 0 Å². The summed E-state index contributed by atoms with van der Waals surface area (Å²) in [6.07, 6.45) is 6.44. The molecule has 0 aromatic carbocycles. The minimum absolute atomic E-state index is 0. The van der Waals surface area contributed by atoms with Crippen LogP contribution in [0.5, 0.6) is 0 Å². The van der Waals surface area contributed by atoms with Gasteiger partial charge in [-0.2, -0.15) is 6.42 Å². The van der Waals surface area contributed by atoms with E-state index in [9.17, 15) is 4.79 Å². The molecule has 0 aromatic heterocycles. The maximum atomic E-state index is 11.2. The van der Waals surface area contributed by atoms with E-state index in [0.29, 0.717) is 12.3 Å². The van der Waals surface area contributed by atoms with E-state index in [4.69, 9.17) is 0 Å². The van der Waals surface area contributed by atoms with Crippen molar-refractivity contribution in [2.24, 2.45) is 0 Å². The van der Waals surface area contributed by atoms with Crippen molar-refractivity contribution in [3.8, 4) is 0 Å². The number of carbonyl (C=O) groups is 1. The van der Waals surface area contributed by atoms with E-state index in [1.807, 2.05) is 11.8 Å². The van der Waals surface area contributed by atoms with Gasteiger partial charge in [0, 0.05) is 32.4 Å². The molecular weight excluding hydrogens is 262 g/mol. The fourth-order valence-electron chi connectivity index (χ4n) is 1.38. The van der Waals surface area contributed by atoms with Crippen LogP contribution in [0.2, 0.25) is 0 Å². The van der Waals surface area contributed by atoms with Crippen molar-refractivity contribution >= 4 is 5.91 Å². The summed E-state index contributed by atoms with van der Waals surface area (Å²) in [6.45, 7) is 3.75. The van der Waals surface area contributed by atoms with Crippen LogP contribution in [0.25, 0.3) is 0 Å². The Bertz CT molecular complexity index is 136. The van der Waals surface area contributed by atoms with Crippen LogP contribution in [-0.2, 0) is 24.3 Å². The summed E-state index contributed by atoms with van der Waals surface area (Å²) in [5, 5.41) is 0. The fourth-order valence-corrected chi connectivity index (χ4v) is 1.38. The number of carbonyl (C=O) groups excluding carboxylic acids is 1. The van der Waals surface area contributed by atoms with Crippen LogP contribution in [0.1, 0.15) is 32.6 Å². The third kappa shape index (κ3) is 6.22. The molecular formula is C9H16NNaORu. The van der Waals surface area contributed by atoms with Gasteiger partial charge < -0.3 is 11.3 Å². The van der Waals surface area contributed by atoms with E-state index in [0.717, 1.165) is 13.1 Å². The Morgan fingerprint density at radius 3 is 2.77 bits per heavy atom. The van der Waals surface area contributed by atoms with Crippen molar-refractivity contribution in [3.05, 3.63) is 6.42 Å². The van der Waals surface area contributed by atoms with Crippen LogP contribution in [0.3, 0.4) is 0 Å². The summed E-state index contributed by atoms with van der Waals surface area (Å²) in [5.41, 5.74) is 0. The van der Waals surface area contributed by atoms with Crippen LogP contribution in [0, 0.1) is 6.42 Å². The van der Waals surface area contributed by atoms with Gasteiger partial charge in [-0.3, -0.25) is 4.79 Å². The summed E-state index contributed by atoms with van der Waals surface area (Å²) in [7, 11) is 0. The largest absolute Gasteiger partial charge is 1.00 e. The summed E-state index contributed by atoms with van der Waals surface area (Å²) in [4.78, 5) is 13.2. The van der Waals surface area contributed by atoms with E-state index < -0.39 is 0 Å². The molecule has 1 amide bonds.